The van der Waals surface area contributed by atoms with Gasteiger partial charge in [-0.05, 0) is 42.4 Å². The van der Waals surface area contributed by atoms with Gasteiger partial charge in [0.1, 0.15) is 0 Å². The summed E-state index contributed by atoms with van der Waals surface area (Å²) in [6.45, 7) is 24.8. The van der Waals surface area contributed by atoms with Crippen LogP contribution in [0, 0.1) is 62.4 Å². The van der Waals surface area contributed by atoms with Crippen molar-refractivity contribution in [3.63, 3.8) is 0 Å². The van der Waals surface area contributed by atoms with E-state index < -0.39 is 0 Å². The third-order valence-electron chi connectivity index (χ3n) is 2.67. The SMILES string of the molecule is C[C]1[CH][CH][CH]C(C(C)(C)C)[C]1C.[C-]#[O+].[C-]#[O+].[C-]#[O+].[Mn]. The molecule has 0 aliphatic heterocycles. The Bertz CT molecular complexity index is 236. The van der Waals surface area contributed by atoms with Crippen LogP contribution >= 0.6 is 0 Å². The van der Waals surface area contributed by atoms with Gasteiger partial charge in [0.25, 0.3) is 0 Å². The fourth-order valence-corrected chi connectivity index (χ4v) is 1.77. The molecule has 19 heavy (non-hydrogen) atoms. The summed E-state index contributed by atoms with van der Waals surface area (Å²) in [5, 5.41) is 0. The van der Waals surface area contributed by atoms with E-state index in [2.05, 4.69) is 73.8 Å². The third-order valence-corrected chi connectivity index (χ3v) is 2.67. The minimum Gasteiger partial charge on any atom is 0 e. The Morgan fingerprint density at radius 1 is 0.947 bits per heavy atom. The molecule has 0 spiro atoms. The van der Waals surface area contributed by atoms with Gasteiger partial charge >= 0.3 is 33.9 Å². The van der Waals surface area contributed by atoms with Crippen LogP contribution in [0.15, 0.2) is 0 Å². The Morgan fingerprint density at radius 2 is 1.32 bits per heavy atom. The zero-order valence-corrected chi connectivity index (χ0v) is 13.1. The van der Waals surface area contributed by atoms with Crippen LogP contribution in [0.2, 0.25) is 0 Å². The van der Waals surface area contributed by atoms with Crippen LogP contribution in [0.5, 0.6) is 0 Å². The van der Waals surface area contributed by atoms with Gasteiger partial charge in [-0.2, -0.15) is 0 Å². The normalized spacial score (nSPS) is 18.8. The summed E-state index contributed by atoms with van der Waals surface area (Å²) in [7, 11) is 0. The number of rotatable bonds is 0. The molecule has 1 unspecified atom stereocenters. The van der Waals surface area contributed by atoms with Crippen molar-refractivity contribution < 1.29 is 31.0 Å². The van der Waals surface area contributed by atoms with Crippen molar-refractivity contribution in [3.05, 3.63) is 51.0 Å². The molecule has 0 aromatic rings. The molecule has 104 valence electrons. The van der Waals surface area contributed by atoms with Crippen molar-refractivity contribution in [2.24, 2.45) is 11.3 Å². The van der Waals surface area contributed by atoms with Crippen molar-refractivity contribution in [1.29, 1.82) is 0 Å². The monoisotopic (exact) mass is 302 g/mol. The fraction of sp³-hybridized carbons (Fsp3) is 0.467. The molecule has 1 aliphatic rings. The summed E-state index contributed by atoms with van der Waals surface area (Å²) in [6, 6.07) is 0. The first-order valence-corrected chi connectivity index (χ1v) is 5.23. The van der Waals surface area contributed by atoms with Crippen LogP contribution in [0.3, 0.4) is 0 Å². The molecule has 0 amide bonds. The van der Waals surface area contributed by atoms with Crippen LogP contribution in [0.25, 0.3) is 0 Å². The molecule has 3 nitrogen and oxygen atoms in total. The topological polar surface area (TPSA) is 59.7 Å². The Labute approximate surface area is 128 Å². The minimum absolute atomic E-state index is 0. The maximum atomic E-state index is 7.50. The molecule has 1 atom stereocenters. The van der Waals surface area contributed by atoms with Crippen LogP contribution in [-0.4, -0.2) is 0 Å². The average molecular weight is 302 g/mol. The Hall–Kier alpha value is -0.261. The Morgan fingerprint density at radius 3 is 1.58 bits per heavy atom. The molecule has 6 radical (unpaired) electrons. The van der Waals surface area contributed by atoms with E-state index >= 15 is 0 Å². The molecule has 1 fully saturated rings. The largest absolute Gasteiger partial charge is 0 e. The molecule has 4 heteroatoms. The molecule has 0 saturated heterocycles. The smallest absolute Gasteiger partial charge is 0 e. The Kier molecular flexibility index (Phi) is 22.6. The van der Waals surface area contributed by atoms with Gasteiger partial charge in [0.2, 0.25) is 0 Å². The van der Waals surface area contributed by atoms with E-state index in [0.717, 1.165) is 0 Å². The first-order valence-electron chi connectivity index (χ1n) is 5.23. The minimum atomic E-state index is 0. The summed E-state index contributed by atoms with van der Waals surface area (Å²) in [5.41, 5.74) is 0.357. The maximum Gasteiger partial charge on any atom is 0 e. The zero-order valence-electron chi connectivity index (χ0n) is 11.9. The molecule has 0 aromatic carbocycles. The molecule has 1 rings (SSSR count). The predicted molar refractivity (Wildman–Crippen MR) is 65.5 cm³/mol. The summed E-state index contributed by atoms with van der Waals surface area (Å²) in [4.78, 5) is 0. The second-order valence-corrected chi connectivity index (χ2v) is 4.76. The van der Waals surface area contributed by atoms with Crippen molar-refractivity contribution in [1.82, 2.24) is 0 Å². The van der Waals surface area contributed by atoms with E-state index in [4.69, 9.17) is 14.0 Å². The van der Waals surface area contributed by atoms with E-state index in [1.54, 1.807) is 0 Å². The molecule has 1 saturated carbocycles. The zero-order chi connectivity index (χ0) is 15.4. The van der Waals surface area contributed by atoms with Crippen molar-refractivity contribution >= 4 is 0 Å². The summed E-state index contributed by atoms with van der Waals surface area (Å²) >= 11 is 0. The molecule has 0 bridgehead atoms. The van der Waals surface area contributed by atoms with Gasteiger partial charge in [-0.1, -0.05) is 34.6 Å². The van der Waals surface area contributed by atoms with Crippen molar-refractivity contribution in [2.75, 3.05) is 0 Å². The van der Waals surface area contributed by atoms with E-state index in [0.29, 0.717) is 11.3 Å². The molecular weight excluding hydrogens is 283 g/mol. The van der Waals surface area contributed by atoms with Gasteiger partial charge in [-0.3, -0.25) is 0 Å². The maximum absolute atomic E-state index is 7.50. The second kappa shape index (κ2) is 15.8. The third kappa shape index (κ3) is 11.3. The summed E-state index contributed by atoms with van der Waals surface area (Å²) in [5.74, 6) is 3.56. The van der Waals surface area contributed by atoms with Crippen molar-refractivity contribution in [3.8, 4) is 0 Å². The average Bonchev–Trinajstić information content (AvgIpc) is 2.38. The first-order chi connectivity index (χ1) is 8.43. The van der Waals surface area contributed by atoms with Crippen LogP contribution in [0.4, 0.5) is 0 Å². The molecule has 0 N–H and O–H groups in total. The number of hydrogen-bond acceptors (Lipinski definition) is 0. The first kappa shape index (κ1) is 27.1. The van der Waals surface area contributed by atoms with Gasteiger partial charge in [-0.25, -0.2) is 0 Å². The van der Waals surface area contributed by atoms with Crippen LogP contribution < -0.4 is 0 Å². The number of hydrogen-bond donors (Lipinski definition) is 0. The van der Waals surface area contributed by atoms with E-state index in [1.807, 2.05) is 0 Å². The summed E-state index contributed by atoms with van der Waals surface area (Å²) in [6.07, 6.45) is 6.68. The van der Waals surface area contributed by atoms with Crippen molar-refractivity contribution in [2.45, 2.75) is 34.6 Å². The van der Waals surface area contributed by atoms with Crippen LogP contribution in [-0.2, 0) is 31.0 Å². The second-order valence-electron chi connectivity index (χ2n) is 4.76. The van der Waals surface area contributed by atoms with Gasteiger partial charge < -0.3 is 0 Å². The fourth-order valence-electron chi connectivity index (χ4n) is 1.77. The van der Waals surface area contributed by atoms with Gasteiger partial charge in [-0.15, -0.1) is 0 Å². The quantitative estimate of drug-likeness (QED) is 0.374. The molecule has 0 aromatic heterocycles. The van der Waals surface area contributed by atoms with E-state index in [-0.39, 0.29) is 17.1 Å². The van der Waals surface area contributed by atoms with E-state index in [1.165, 1.54) is 11.8 Å². The van der Waals surface area contributed by atoms with Gasteiger partial charge in [0.05, 0.1) is 0 Å². The van der Waals surface area contributed by atoms with Gasteiger partial charge in [0, 0.05) is 17.1 Å². The Balaban J connectivity index is -0.000000142. The molecule has 1 aliphatic carbocycles. The predicted octanol–water partition coefficient (Wildman–Crippen LogP) is 3.35. The van der Waals surface area contributed by atoms with Crippen LogP contribution in [0.1, 0.15) is 34.6 Å². The molecule has 0 heterocycles. The summed E-state index contributed by atoms with van der Waals surface area (Å²) < 4.78 is 22.5. The molecular formula is C15H19MnO3. The van der Waals surface area contributed by atoms with E-state index in [9.17, 15) is 0 Å². The standard InChI is InChI=1S/C12H19.3CO.Mn/c1-9-7-6-8-11(10(9)2)12(3,4)5;3*1-2;/h6-8,11H,1-5H3;;;;. The van der Waals surface area contributed by atoms with Gasteiger partial charge in [0.15, 0.2) is 0 Å².